The molecule has 2 aliphatic heterocycles. The number of carboxylic acids is 1. The number of halogens is 1. The molecule has 2 unspecified atom stereocenters. The van der Waals surface area contributed by atoms with Gasteiger partial charge in [0.05, 0.1) is 63.5 Å². The number of nitrogens with one attached hydrogen (secondary N) is 1. The molecule has 2 aliphatic rings. The number of aromatic nitrogens is 9. The van der Waals surface area contributed by atoms with Gasteiger partial charge in [0.25, 0.3) is 0 Å². The second-order valence-corrected chi connectivity index (χ2v) is 14.8. The predicted molar refractivity (Wildman–Crippen MR) is 219 cm³/mol. The topological polar surface area (TPSA) is 272 Å². The Bertz CT molecular complexity index is 1860. The van der Waals surface area contributed by atoms with Gasteiger partial charge in [0.2, 0.25) is 29.7 Å². The first-order valence-corrected chi connectivity index (χ1v) is 20.9. The summed E-state index contributed by atoms with van der Waals surface area (Å²) < 4.78 is 19.5. The van der Waals surface area contributed by atoms with Crippen LogP contribution in [0.25, 0.3) is 0 Å². The second kappa shape index (κ2) is 26.3. The number of terminal acetylenes is 1. The number of unbranched alkanes of at least 4 members (excludes halogenated alkanes) is 1. The molecule has 2 atom stereocenters. The number of aliphatic hydroxyl groups excluding tert-OH is 1. The van der Waals surface area contributed by atoms with Gasteiger partial charge in [-0.05, 0) is 26.2 Å². The van der Waals surface area contributed by atoms with E-state index in [9.17, 15) is 19.5 Å². The smallest absolute Gasteiger partial charge is 0.303 e. The van der Waals surface area contributed by atoms with Crippen LogP contribution in [0.15, 0.2) is 12.4 Å². The van der Waals surface area contributed by atoms with Crippen molar-refractivity contribution in [1.29, 1.82) is 0 Å². The summed E-state index contributed by atoms with van der Waals surface area (Å²) >= 11 is 0. The van der Waals surface area contributed by atoms with E-state index in [-0.39, 0.29) is 50.2 Å². The van der Waals surface area contributed by atoms with Gasteiger partial charge in [-0.1, -0.05) is 16.3 Å². The zero-order chi connectivity index (χ0) is 43.4. The monoisotopic (exact) mass is 889 g/mol. The van der Waals surface area contributed by atoms with E-state index in [2.05, 4.69) is 37.6 Å². The summed E-state index contributed by atoms with van der Waals surface area (Å²) in [4.78, 5) is 60.3. The summed E-state index contributed by atoms with van der Waals surface area (Å²) in [5.41, 5.74) is 5.08. The van der Waals surface area contributed by atoms with Crippen LogP contribution in [0.4, 0.5) is 17.8 Å². The van der Waals surface area contributed by atoms with Gasteiger partial charge in [-0.3, -0.25) is 14.4 Å². The number of hydrogen-bond donors (Lipinski definition) is 4. The third-order valence-electron chi connectivity index (χ3n) is 9.98. The molecule has 5 heterocycles. The lowest BCUT2D eigenvalue weighted by molar-refractivity contribution is -0.368. The number of carboxylic acid groups (broad SMARTS) is 1. The van der Waals surface area contributed by atoms with Crippen LogP contribution < -0.4 is 33.3 Å². The van der Waals surface area contributed by atoms with E-state index in [0.29, 0.717) is 134 Å². The maximum atomic E-state index is 14.0. The Balaban J connectivity index is 0.00000845. The van der Waals surface area contributed by atoms with Gasteiger partial charge in [0, 0.05) is 84.1 Å². The van der Waals surface area contributed by atoms with E-state index in [4.69, 9.17) is 40.7 Å². The van der Waals surface area contributed by atoms with Gasteiger partial charge in [-0.15, -0.1) is 16.6 Å². The Hall–Kier alpha value is -5.25. The van der Waals surface area contributed by atoms with Crippen molar-refractivity contribution in [2.24, 2.45) is 0 Å². The van der Waals surface area contributed by atoms with Crippen LogP contribution in [-0.2, 0) is 48.0 Å². The van der Waals surface area contributed by atoms with Crippen LogP contribution in [0.1, 0.15) is 50.0 Å². The van der Waals surface area contributed by atoms with E-state index >= 15 is 0 Å². The number of ether oxygens (including phenoxy) is 3. The average Bonchev–Trinajstić information content (AvgIpc) is 3.92. The minimum Gasteiger partial charge on any atom is -1.00 e. The van der Waals surface area contributed by atoms with Crippen molar-refractivity contribution >= 4 is 35.6 Å². The number of carbonyl (C=O) groups is 3. The van der Waals surface area contributed by atoms with Gasteiger partial charge in [0.1, 0.15) is 19.2 Å². The van der Waals surface area contributed by atoms with Gasteiger partial charge in [0.15, 0.2) is 0 Å². The van der Waals surface area contributed by atoms with Crippen LogP contribution >= 0.6 is 0 Å². The Morgan fingerprint density at radius 2 is 1.48 bits per heavy atom. The quantitative estimate of drug-likeness (QED) is 0.0433. The van der Waals surface area contributed by atoms with Crippen LogP contribution in [0.5, 0.6) is 0 Å². The van der Waals surface area contributed by atoms with E-state index in [0.717, 1.165) is 19.4 Å². The number of anilines is 3. The number of aliphatic hydroxyl groups is 1. The lowest BCUT2D eigenvalue weighted by Gasteiger charge is -2.37. The highest BCUT2D eigenvalue weighted by molar-refractivity contribution is 5.80. The van der Waals surface area contributed by atoms with Crippen molar-refractivity contribution in [3.05, 3.63) is 23.8 Å². The van der Waals surface area contributed by atoms with Crippen molar-refractivity contribution in [1.82, 2.24) is 54.7 Å². The number of amides is 2. The average molecular weight is 890 g/mol. The summed E-state index contributed by atoms with van der Waals surface area (Å²) in [5.74, 6) is 2.63. The molecule has 0 aromatic carbocycles. The van der Waals surface area contributed by atoms with Crippen LogP contribution in [0.2, 0.25) is 0 Å². The first-order valence-electron chi connectivity index (χ1n) is 20.9. The number of hydrogen-bond acceptors (Lipinski definition) is 17. The number of nitrogens with zero attached hydrogens (tertiary/aromatic N) is 13. The molecule has 0 radical (unpaired) electrons. The van der Waals surface area contributed by atoms with Gasteiger partial charge in [-0.25, -0.2) is 9.36 Å². The minimum atomic E-state index is -0.923. The molecule has 0 saturated carbocycles. The molecule has 2 saturated heterocycles. The van der Waals surface area contributed by atoms with Gasteiger partial charge >= 0.3 is 5.97 Å². The zero-order valence-electron chi connectivity index (χ0n) is 35.4. The van der Waals surface area contributed by atoms with E-state index < -0.39 is 18.1 Å². The number of aryl methyl sites for hydroxylation is 1. The molecule has 6 N–H and O–H groups in total. The van der Waals surface area contributed by atoms with Crippen LogP contribution in [0.3, 0.4) is 0 Å². The molecule has 0 aliphatic carbocycles. The van der Waals surface area contributed by atoms with E-state index in [1.807, 2.05) is 14.7 Å². The van der Waals surface area contributed by atoms with Gasteiger partial charge < -0.3 is 67.5 Å². The minimum absolute atomic E-state index is 0. The molecule has 0 spiro atoms. The highest BCUT2D eigenvalue weighted by Crippen LogP contribution is 2.23. The molecule has 24 heteroatoms. The fourth-order valence-corrected chi connectivity index (χ4v) is 6.76. The zero-order valence-corrected chi connectivity index (χ0v) is 36.1. The highest BCUT2D eigenvalue weighted by atomic mass is 35.5. The lowest BCUT2D eigenvalue weighted by Crippen LogP contribution is -3.00. The van der Waals surface area contributed by atoms with Crippen molar-refractivity contribution in [3.8, 4) is 12.3 Å². The van der Waals surface area contributed by atoms with Crippen molar-refractivity contribution in [2.75, 3.05) is 120 Å². The Morgan fingerprint density at radius 3 is 2.11 bits per heavy atom. The number of aliphatic carboxylic acids is 1. The Morgan fingerprint density at radius 1 is 0.855 bits per heavy atom. The summed E-state index contributed by atoms with van der Waals surface area (Å²) in [7, 11) is 0. The van der Waals surface area contributed by atoms with Crippen molar-refractivity contribution in [2.45, 2.75) is 64.1 Å². The molecule has 23 nitrogen and oxygen atoms in total. The van der Waals surface area contributed by atoms with E-state index in [1.165, 1.54) is 4.68 Å². The fourth-order valence-electron chi connectivity index (χ4n) is 6.76. The van der Waals surface area contributed by atoms with Crippen LogP contribution in [-0.4, -0.2) is 194 Å². The van der Waals surface area contributed by atoms with Gasteiger partial charge in [-0.2, -0.15) is 15.0 Å². The molecule has 342 valence electrons. The maximum absolute atomic E-state index is 14.0. The second-order valence-electron chi connectivity index (χ2n) is 14.8. The number of piperazine rings is 2. The largest absolute Gasteiger partial charge is 1.00 e. The fraction of sp³-hybridized carbons (Fsp3) is 0.684. The summed E-state index contributed by atoms with van der Waals surface area (Å²) in [6, 6.07) is -0.570. The van der Waals surface area contributed by atoms with Crippen molar-refractivity contribution < 1.29 is 56.9 Å². The highest BCUT2D eigenvalue weighted by Gasteiger charge is 2.31. The number of quaternary nitrogens is 1. The molecule has 3 aromatic rings. The van der Waals surface area contributed by atoms with Crippen molar-refractivity contribution in [3.63, 3.8) is 0 Å². The number of carbonyl (C=O) groups excluding carboxylic acids is 2. The van der Waals surface area contributed by atoms with Crippen LogP contribution in [0, 0.1) is 12.3 Å². The molecule has 62 heavy (non-hydrogen) atoms. The molecule has 5 rings (SSSR count). The number of rotatable bonds is 26. The first kappa shape index (κ1) is 49.4. The summed E-state index contributed by atoms with van der Waals surface area (Å²) in [5, 5.41) is 38.5. The molecule has 2 amide bonds. The summed E-state index contributed by atoms with van der Waals surface area (Å²) in [6.45, 7) is 8.87. The Kier molecular flexibility index (Phi) is 20.9. The third-order valence-corrected chi connectivity index (χ3v) is 9.98. The molecule has 0 bridgehead atoms. The normalized spacial score (nSPS) is 15.2. The molecular weight excluding hydrogens is 830 g/mol. The molecule has 2 fully saturated rings. The summed E-state index contributed by atoms with van der Waals surface area (Å²) in [6.07, 6.45) is 10.7. The molecular formula is C38H60ClN15O8. The van der Waals surface area contributed by atoms with E-state index in [1.54, 1.807) is 28.9 Å². The lowest BCUT2D eigenvalue weighted by atomic mass is 10.1. The Labute approximate surface area is 367 Å². The molecule has 3 aromatic heterocycles. The predicted octanol–water partition coefficient (Wildman–Crippen LogP) is -5.26. The first-order chi connectivity index (χ1) is 29.6. The standard InChI is InChI=1S/C38H59N15O8.ClH/c1-3-19-59-21-23-61-24-22-60-20-10-40-36-41-37(50-15-11-48(12-16-50)33(55)28-52-26-31(45-46-52)25-29(2)54)43-38(42-36)51-17-13-49(14-18-51)35(58)32(6-4-5-9-39)53-27-30(44-47-53)7-8-34(56)57;/h1,26-27,29,32,54H,4-25,28,39H2,2H3,(H,56,57)(H,40,41,42,43);1H. The SMILES string of the molecule is C#CCOCCOCCOCCNc1nc(N2CCN(C(=O)Cn3cc(CC(C)O)nn3)CC2)nc(N2CCN(C(=O)C(CCCC[NH3+])n3cc(CCC(=O)O)nn3)CC2)n1.[Cl-]. The maximum Gasteiger partial charge on any atom is 0.303 e. The third kappa shape index (κ3) is 15.9.